The number of aromatic nitrogens is 2. The lowest BCUT2D eigenvalue weighted by Crippen LogP contribution is -2.30. The Bertz CT molecular complexity index is 1370. The maximum Gasteiger partial charge on any atom is 0.225 e. The molecule has 0 unspecified atom stereocenters. The van der Waals surface area contributed by atoms with Crippen LogP contribution in [0.25, 0.3) is 33.5 Å². The molecule has 4 aromatic rings. The summed E-state index contributed by atoms with van der Waals surface area (Å²) in [6, 6.07) is 20.8. The van der Waals surface area contributed by atoms with E-state index < -0.39 is 0 Å². The van der Waals surface area contributed by atoms with Gasteiger partial charge in [-0.2, -0.15) is 0 Å². The smallest absolute Gasteiger partial charge is 0.225 e. The highest BCUT2D eigenvalue weighted by molar-refractivity contribution is 5.83. The average Bonchev–Trinajstić information content (AvgIpc) is 3.54. The van der Waals surface area contributed by atoms with Gasteiger partial charge in [0.1, 0.15) is 17.4 Å². The molecule has 6 heteroatoms. The Morgan fingerprint density at radius 3 is 2.34 bits per heavy atom. The highest BCUT2D eigenvalue weighted by atomic mass is 19.1. The number of carbonyl (C=O) groups is 1. The zero-order valence-electron chi connectivity index (χ0n) is 19.8. The van der Waals surface area contributed by atoms with Crippen LogP contribution in [0, 0.1) is 17.7 Å². The van der Waals surface area contributed by atoms with E-state index in [1.165, 1.54) is 12.1 Å². The fraction of sp³-hybridized carbons (Fsp3) is 0.310. The highest BCUT2D eigenvalue weighted by Crippen LogP contribution is 2.35. The lowest BCUT2D eigenvalue weighted by Gasteiger charge is -2.18. The fourth-order valence-electron chi connectivity index (χ4n) is 5.12. The number of carbonyl (C=O) groups excluding carboxylic acids is 1. The van der Waals surface area contributed by atoms with E-state index in [-0.39, 0.29) is 11.7 Å². The van der Waals surface area contributed by atoms with Crippen LogP contribution in [0.4, 0.5) is 4.39 Å². The van der Waals surface area contributed by atoms with Crippen molar-refractivity contribution in [2.75, 3.05) is 20.2 Å². The Kier molecular flexibility index (Phi) is 5.51. The number of imidazole rings is 1. The normalized spacial score (nSPS) is 17.8. The minimum absolute atomic E-state index is 0.237. The molecule has 1 amide bonds. The van der Waals surface area contributed by atoms with Crippen molar-refractivity contribution in [1.82, 2.24) is 14.5 Å². The molecule has 1 atom stereocenters. The number of benzene rings is 3. The van der Waals surface area contributed by atoms with Crippen molar-refractivity contribution in [2.24, 2.45) is 11.8 Å². The minimum Gasteiger partial charge on any atom is -0.497 e. The van der Waals surface area contributed by atoms with E-state index in [4.69, 9.17) is 9.72 Å². The first-order valence-electron chi connectivity index (χ1n) is 12.3. The second-order valence-electron chi connectivity index (χ2n) is 9.70. The number of amides is 1. The maximum atomic E-state index is 13.3. The van der Waals surface area contributed by atoms with E-state index in [1.54, 1.807) is 19.2 Å². The van der Waals surface area contributed by atoms with E-state index in [0.29, 0.717) is 11.8 Å². The van der Waals surface area contributed by atoms with Crippen molar-refractivity contribution in [3.05, 3.63) is 72.5 Å². The Morgan fingerprint density at radius 1 is 0.971 bits per heavy atom. The SMILES string of the molecule is COc1ccc2c(c1)nc(-c1ccc(-c3ccc(F)cc3)cc1)n2C[C@H]1CCN(C(=O)C2CC2)C1. The molecule has 1 aliphatic heterocycles. The molecular weight excluding hydrogens is 441 g/mol. The lowest BCUT2D eigenvalue weighted by molar-refractivity contribution is -0.131. The van der Waals surface area contributed by atoms with Gasteiger partial charge in [0.2, 0.25) is 5.91 Å². The van der Waals surface area contributed by atoms with Crippen molar-refractivity contribution in [1.29, 1.82) is 0 Å². The maximum absolute atomic E-state index is 13.3. The fourth-order valence-corrected chi connectivity index (χ4v) is 5.12. The van der Waals surface area contributed by atoms with Crippen LogP contribution in [-0.4, -0.2) is 40.6 Å². The number of hydrogen-bond donors (Lipinski definition) is 0. The molecule has 3 aromatic carbocycles. The van der Waals surface area contributed by atoms with E-state index in [1.807, 2.05) is 12.1 Å². The Morgan fingerprint density at radius 2 is 1.66 bits per heavy atom. The van der Waals surface area contributed by atoms with Gasteiger partial charge >= 0.3 is 0 Å². The second kappa shape index (κ2) is 8.84. The van der Waals surface area contributed by atoms with Gasteiger partial charge in [0.15, 0.2) is 0 Å². The molecule has 1 aromatic heterocycles. The molecule has 178 valence electrons. The number of halogens is 1. The molecule has 0 radical (unpaired) electrons. The van der Waals surface area contributed by atoms with E-state index in [9.17, 15) is 9.18 Å². The van der Waals surface area contributed by atoms with Crippen LogP contribution in [0.3, 0.4) is 0 Å². The van der Waals surface area contributed by atoms with Crippen molar-refractivity contribution in [3.63, 3.8) is 0 Å². The summed E-state index contributed by atoms with van der Waals surface area (Å²) in [4.78, 5) is 19.6. The third kappa shape index (κ3) is 4.29. The zero-order valence-corrected chi connectivity index (χ0v) is 19.8. The van der Waals surface area contributed by atoms with Gasteiger partial charge in [-0.05, 0) is 60.6 Å². The summed E-state index contributed by atoms with van der Waals surface area (Å²) in [6.07, 6.45) is 3.11. The molecule has 35 heavy (non-hydrogen) atoms. The summed E-state index contributed by atoms with van der Waals surface area (Å²) < 4.78 is 21.0. The van der Waals surface area contributed by atoms with Gasteiger partial charge < -0.3 is 14.2 Å². The Balaban J connectivity index is 1.32. The molecule has 0 bridgehead atoms. The predicted octanol–water partition coefficient (Wildman–Crippen LogP) is 5.78. The molecule has 1 aliphatic carbocycles. The number of methoxy groups -OCH3 is 1. The number of fused-ring (bicyclic) bond motifs is 1. The largest absolute Gasteiger partial charge is 0.497 e. The summed E-state index contributed by atoms with van der Waals surface area (Å²) in [7, 11) is 1.66. The third-order valence-electron chi connectivity index (χ3n) is 7.24. The summed E-state index contributed by atoms with van der Waals surface area (Å²) in [5.74, 6) is 2.45. The van der Waals surface area contributed by atoms with Gasteiger partial charge in [-0.1, -0.05) is 36.4 Å². The van der Waals surface area contributed by atoms with Crippen LogP contribution >= 0.6 is 0 Å². The van der Waals surface area contributed by atoms with Crippen molar-refractivity contribution >= 4 is 16.9 Å². The van der Waals surface area contributed by atoms with Crippen LogP contribution in [-0.2, 0) is 11.3 Å². The highest BCUT2D eigenvalue weighted by Gasteiger charge is 2.36. The quantitative estimate of drug-likeness (QED) is 0.360. The summed E-state index contributed by atoms with van der Waals surface area (Å²) in [5.41, 5.74) is 4.99. The van der Waals surface area contributed by atoms with Gasteiger partial charge in [0.25, 0.3) is 0 Å². The third-order valence-corrected chi connectivity index (χ3v) is 7.24. The van der Waals surface area contributed by atoms with Crippen LogP contribution in [0.2, 0.25) is 0 Å². The summed E-state index contributed by atoms with van der Waals surface area (Å²) in [6.45, 7) is 2.47. The Hall–Kier alpha value is -3.67. The van der Waals surface area contributed by atoms with Crippen LogP contribution in [0.15, 0.2) is 66.7 Å². The van der Waals surface area contributed by atoms with Crippen LogP contribution in [0.5, 0.6) is 5.75 Å². The van der Waals surface area contributed by atoms with Gasteiger partial charge in [-0.3, -0.25) is 4.79 Å². The standard InChI is InChI=1S/C29H28FN3O2/c1-35-25-12-13-27-26(16-25)31-28(22-4-2-20(3-5-22)21-8-10-24(30)11-9-21)33(27)18-19-14-15-32(17-19)29(34)23-6-7-23/h2-5,8-13,16,19,23H,6-7,14-15,17-18H2,1H3/t19-/m0/s1. The molecule has 2 aliphatic rings. The molecule has 1 saturated carbocycles. The first kappa shape index (κ1) is 21.8. The molecule has 0 N–H and O–H groups in total. The molecular formula is C29H28FN3O2. The van der Waals surface area contributed by atoms with Gasteiger partial charge in [-0.25, -0.2) is 9.37 Å². The van der Waals surface area contributed by atoms with Gasteiger partial charge in [0, 0.05) is 37.2 Å². The van der Waals surface area contributed by atoms with Crippen molar-refractivity contribution < 1.29 is 13.9 Å². The second-order valence-corrected chi connectivity index (χ2v) is 9.70. The number of ether oxygens (including phenoxy) is 1. The minimum atomic E-state index is -0.237. The zero-order chi connectivity index (χ0) is 23.9. The first-order valence-corrected chi connectivity index (χ1v) is 12.3. The molecule has 5 nitrogen and oxygen atoms in total. The summed E-state index contributed by atoms with van der Waals surface area (Å²) >= 11 is 0. The molecule has 1 saturated heterocycles. The van der Waals surface area contributed by atoms with Gasteiger partial charge in [0.05, 0.1) is 18.1 Å². The van der Waals surface area contributed by atoms with Crippen molar-refractivity contribution in [2.45, 2.75) is 25.8 Å². The predicted molar refractivity (Wildman–Crippen MR) is 135 cm³/mol. The monoisotopic (exact) mass is 469 g/mol. The van der Waals surface area contributed by atoms with Gasteiger partial charge in [-0.15, -0.1) is 0 Å². The number of nitrogens with zero attached hydrogens (tertiary/aromatic N) is 3. The van der Waals surface area contributed by atoms with Crippen LogP contribution < -0.4 is 4.74 Å². The Labute approximate surface area is 204 Å². The lowest BCUT2D eigenvalue weighted by atomic mass is 10.0. The number of likely N-dealkylation sites (tertiary alicyclic amines) is 1. The molecule has 0 spiro atoms. The average molecular weight is 470 g/mol. The van der Waals surface area contributed by atoms with E-state index in [0.717, 1.165) is 78.2 Å². The van der Waals surface area contributed by atoms with E-state index in [2.05, 4.69) is 39.8 Å². The van der Waals surface area contributed by atoms with Crippen molar-refractivity contribution in [3.8, 4) is 28.3 Å². The first-order chi connectivity index (χ1) is 17.1. The van der Waals surface area contributed by atoms with Crippen LogP contribution in [0.1, 0.15) is 19.3 Å². The number of hydrogen-bond acceptors (Lipinski definition) is 3. The topological polar surface area (TPSA) is 47.4 Å². The molecule has 2 heterocycles. The molecule has 6 rings (SSSR count). The van der Waals surface area contributed by atoms with E-state index >= 15 is 0 Å². The summed E-state index contributed by atoms with van der Waals surface area (Å²) in [5, 5.41) is 0. The number of rotatable bonds is 6. The molecule has 2 fully saturated rings.